The van der Waals surface area contributed by atoms with Gasteiger partial charge in [0.25, 0.3) is 0 Å². The van der Waals surface area contributed by atoms with E-state index in [1.54, 1.807) is 25.1 Å². The van der Waals surface area contributed by atoms with Crippen LogP contribution < -0.4 is 24.0 Å². The van der Waals surface area contributed by atoms with Gasteiger partial charge in [-0.2, -0.15) is 0 Å². The Hall–Kier alpha value is -2.94. The van der Waals surface area contributed by atoms with E-state index in [0.717, 1.165) is 23.1 Å². The minimum atomic E-state index is -3.68. The van der Waals surface area contributed by atoms with Crippen LogP contribution in [0.2, 0.25) is 0 Å². The molecule has 0 bridgehead atoms. The highest BCUT2D eigenvalue weighted by Gasteiger charge is 2.25. The van der Waals surface area contributed by atoms with Crippen molar-refractivity contribution in [2.75, 3.05) is 53.1 Å². The molecule has 0 aliphatic carbocycles. The zero-order chi connectivity index (χ0) is 21.8. The number of fused-ring (bicyclic) bond motifs is 1. The van der Waals surface area contributed by atoms with E-state index in [1.165, 1.54) is 12.8 Å². The van der Waals surface area contributed by atoms with Gasteiger partial charge in [0.15, 0.2) is 11.5 Å². The maximum absolute atomic E-state index is 12.7. The van der Waals surface area contributed by atoms with Crippen LogP contribution >= 0.6 is 0 Å². The van der Waals surface area contributed by atoms with Gasteiger partial charge in [-0.1, -0.05) is 0 Å². The number of rotatable bonds is 7. The number of carbonyl (C=O) groups is 1. The standard InChI is InChI=1S/C22H27N3O5S/c1-2-31(27,28)25(19-9-10-20-21(15-19)30-14-13-29-20)16-22(26)23-17-5-7-18(8-6-17)24-11-3-4-12-24/h5-10,15H,2-4,11-14,16H2,1H3,(H,23,26). The fraction of sp³-hybridized carbons (Fsp3) is 0.409. The third kappa shape index (κ3) is 4.87. The van der Waals surface area contributed by atoms with Gasteiger partial charge < -0.3 is 19.7 Å². The van der Waals surface area contributed by atoms with Crippen LogP contribution in [-0.2, 0) is 14.8 Å². The molecule has 1 amide bonds. The zero-order valence-electron chi connectivity index (χ0n) is 17.5. The summed E-state index contributed by atoms with van der Waals surface area (Å²) < 4.78 is 37.6. The van der Waals surface area contributed by atoms with Crippen LogP contribution in [0.3, 0.4) is 0 Å². The average Bonchev–Trinajstić information content (AvgIpc) is 3.32. The van der Waals surface area contributed by atoms with Gasteiger partial charge in [0.2, 0.25) is 15.9 Å². The van der Waals surface area contributed by atoms with Crippen molar-refractivity contribution in [2.24, 2.45) is 0 Å². The number of amides is 1. The molecule has 0 unspecified atom stereocenters. The second-order valence-corrected chi connectivity index (χ2v) is 9.71. The summed E-state index contributed by atoms with van der Waals surface area (Å²) in [6, 6.07) is 12.5. The van der Waals surface area contributed by atoms with Crippen molar-refractivity contribution >= 4 is 33.0 Å². The van der Waals surface area contributed by atoms with E-state index in [9.17, 15) is 13.2 Å². The maximum Gasteiger partial charge on any atom is 0.245 e. The summed E-state index contributed by atoms with van der Waals surface area (Å²) in [5, 5.41) is 2.80. The van der Waals surface area contributed by atoms with Crippen molar-refractivity contribution < 1.29 is 22.7 Å². The second kappa shape index (κ2) is 9.05. The predicted octanol–water partition coefficient (Wildman–Crippen LogP) is 2.85. The first-order valence-electron chi connectivity index (χ1n) is 10.5. The lowest BCUT2D eigenvalue weighted by Crippen LogP contribution is -2.39. The summed E-state index contributed by atoms with van der Waals surface area (Å²) >= 11 is 0. The largest absolute Gasteiger partial charge is 0.486 e. The van der Waals surface area contributed by atoms with Crippen LogP contribution in [-0.4, -0.2) is 52.9 Å². The quantitative estimate of drug-likeness (QED) is 0.705. The van der Waals surface area contributed by atoms with Gasteiger partial charge >= 0.3 is 0 Å². The SMILES string of the molecule is CCS(=O)(=O)N(CC(=O)Nc1ccc(N2CCCC2)cc1)c1ccc2c(c1)OCCO2. The molecule has 0 atom stereocenters. The van der Waals surface area contributed by atoms with Gasteiger partial charge in [-0.15, -0.1) is 0 Å². The number of carbonyl (C=O) groups excluding carboxylic acids is 1. The van der Waals surface area contributed by atoms with Crippen LogP contribution in [0.1, 0.15) is 19.8 Å². The first-order chi connectivity index (χ1) is 15.0. The predicted molar refractivity (Wildman–Crippen MR) is 121 cm³/mol. The number of benzene rings is 2. The summed E-state index contributed by atoms with van der Waals surface area (Å²) in [6.45, 7) is 4.16. The number of sulfonamides is 1. The normalized spacial score (nSPS) is 15.6. The third-order valence-corrected chi connectivity index (χ3v) is 7.16. The first kappa shape index (κ1) is 21.3. The van der Waals surface area contributed by atoms with E-state index in [-0.39, 0.29) is 12.3 Å². The molecule has 2 aliphatic heterocycles. The van der Waals surface area contributed by atoms with Gasteiger partial charge in [0.1, 0.15) is 19.8 Å². The highest BCUT2D eigenvalue weighted by Crippen LogP contribution is 2.35. The fourth-order valence-corrected chi connectivity index (χ4v) is 4.82. The Labute approximate surface area is 182 Å². The Kier molecular flexibility index (Phi) is 6.22. The summed E-state index contributed by atoms with van der Waals surface area (Å²) in [6.07, 6.45) is 2.39. The van der Waals surface area contributed by atoms with E-state index in [4.69, 9.17) is 9.47 Å². The smallest absolute Gasteiger partial charge is 0.245 e. The Balaban J connectivity index is 1.48. The number of anilines is 3. The molecule has 1 N–H and O–H groups in total. The molecule has 0 saturated carbocycles. The molecule has 0 radical (unpaired) electrons. The Morgan fingerprint density at radius 3 is 2.39 bits per heavy atom. The molecular formula is C22H27N3O5S. The molecule has 0 aromatic heterocycles. The highest BCUT2D eigenvalue weighted by atomic mass is 32.2. The molecule has 2 aromatic carbocycles. The molecular weight excluding hydrogens is 418 g/mol. The van der Waals surface area contributed by atoms with Gasteiger partial charge in [-0.3, -0.25) is 9.10 Å². The summed E-state index contributed by atoms with van der Waals surface area (Å²) in [5.41, 5.74) is 2.12. The van der Waals surface area contributed by atoms with E-state index >= 15 is 0 Å². The van der Waals surface area contributed by atoms with Crippen LogP contribution in [0.5, 0.6) is 11.5 Å². The average molecular weight is 446 g/mol. The number of hydrogen-bond acceptors (Lipinski definition) is 6. The molecule has 1 fully saturated rings. The fourth-order valence-electron chi connectivity index (χ4n) is 3.76. The number of nitrogens with zero attached hydrogens (tertiary/aromatic N) is 2. The molecule has 8 nitrogen and oxygen atoms in total. The first-order valence-corrected chi connectivity index (χ1v) is 12.1. The zero-order valence-corrected chi connectivity index (χ0v) is 18.4. The minimum Gasteiger partial charge on any atom is -0.486 e. The lowest BCUT2D eigenvalue weighted by molar-refractivity contribution is -0.114. The van der Waals surface area contributed by atoms with E-state index < -0.39 is 15.9 Å². The molecule has 2 aromatic rings. The molecule has 2 aliphatic rings. The molecule has 4 rings (SSSR count). The number of hydrogen-bond donors (Lipinski definition) is 1. The second-order valence-electron chi connectivity index (χ2n) is 7.52. The van der Waals surface area contributed by atoms with Gasteiger partial charge in [0, 0.05) is 30.5 Å². The summed E-state index contributed by atoms with van der Waals surface area (Å²) in [4.78, 5) is 15.0. The Bertz CT molecular complexity index is 1030. The van der Waals surface area contributed by atoms with Crippen molar-refractivity contribution in [3.05, 3.63) is 42.5 Å². The Morgan fingerprint density at radius 1 is 1.03 bits per heavy atom. The third-order valence-electron chi connectivity index (χ3n) is 5.42. The topological polar surface area (TPSA) is 88.2 Å². The Morgan fingerprint density at radius 2 is 1.71 bits per heavy atom. The monoisotopic (exact) mass is 445 g/mol. The van der Waals surface area contributed by atoms with Crippen molar-refractivity contribution in [3.63, 3.8) is 0 Å². The van der Waals surface area contributed by atoms with Crippen LogP contribution in [0.25, 0.3) is 0 Å². The van der Waals surface area contributed by atoms with Gasteiger partial charge in [0.05, 0.1) is 11.4 Å². The van der Waals surface area contributed by atoms with Crippen molar-refractivity contribution in [3.8, 4) is 11.5 Å². The highest BCUT2D eigenvalue weighted by molar-refractivity contribution is 7.92. The maximum atomic E-state index is 12.7. The number of ether oxygens (including phenoxy) is 2. The van der Waals surface area contributed by atoms with Gasteiger partial charge in [-0.25, -0.2) is 8.42 Å². The lowest BCUT2D eigenvalue weighted by atomic mass is 10.2. The molecule has 9 heteroatoms. The van der Waals surface area contributed by atoms with E-state index in [0.29, 0.717) is 36.1 Å². The van der Waals surface area contributed by atoms with Crippen molar-refractivity contribution in [1.82, 2.24) is 0 Å². The minimum absolute atomic E-state index is 0.126. The van der Waals surface area contributed by atoms with Crippen LogP contribution in [0.4, 0.5) is 17.1 Å². The summed E-state index contributed by atoms with van der Waals surface area (Å²) in [7, 11) is -3.68. The molecule has 31 heavy (non-hydrogen) atoms. The van der Waals surface area contributed by atoms with E-state index in [1.807, 2.05) is 24.3 Å². The number of nitrogens with one attached hydrogen (secondary N) is 1. The van der Waals surface area contributed by atoms with Crippen molar-refractivity contribution in [1.29, 1.82) is 0 Å². The van der Waals surface area contributed by atoms with E-state index in [2.05, 4.69) is 10.2 Å². The van der Waals surface area contributed by atoms with Crippen LogP contribution in [0, 0.1) is 0 Å². The molecule has 1 saturated heterocycles. The van der Waals surface area contributed by atoms with Gasteiger partial charge in [-0.05, 0) is 56.2 Å². The molecule has 166 valence electrons. The van der Waals surface area contributed by atoms with Crippen molar-refractivity contribution in [2.45, 2.75) is 19.8 Å². The molecule has 2 heterocycles. The summed E-state index contributed by atoms with van der Waals surface area (Å²) in [5.74, 6) is 0.490. The lowest BCUT2D eigenvalue weighted by Gasteiger charge is -2.25. The van der Waals surface area contributed by atoms with Crippen LogP contribution in [0.15, 0.2) is 42.5 Å². The molecule has 0 spiro atoms.